The van der Waals surface area contributed by atoms with Crippen LogP contribution in [-0.2, 0) is 6.42 Å². The number of H-pyrrole nitrogens is 1. The molecule has 4 rings (SSSR count). The van der Waals surface area contributed by atoms with Gasteiger partial charge in [-0.1, -0.05) is 63.9 Å². The molecule has 4 aromatic rings. The number of aromatic nitrogens is 1. The van der Waals surface area contributed by atoms with Gasteiger partial charge in [-0.05, 0) is 72.8 Å². The first kappa shape index (κ1) is 19.3. The summed E-state index contributed by atoms with van der Waals surface area (Å²) in [5.74, 6) is 0. The largest absolute Gasteiger partial charge is 0.354 e. The summed E-state index contributed by atoms with van der Waals surface area (Å²) in [6, 6.07) is 23.1. The van der Waals surface area contributed by atoms with Gasteiger partial charge in [0.15, 0.2) is 0 Å². The lowest BCUT2D eigenvalue weighted by Gasteiger charge is -2.08. The van der Waals surface area contributed by atoms with Crippen LogP contribution in [0.4, 0.5) is 0 Å². The molecule has 0 aliphatic carbocycles. The van der Waals surface area contributed by atoms with E-state index in [-0.39, 0.29) is 0 Å². The molecule has 0 fully saturated rings. The highest BCUT2D eigenvalue weighted by molar-refractivity contribution is 9.10. The number of nitrogens with one attached hydrogen (secondary N) is 1. The first-order valence-corrected chi connectivity index (χ1v) is 10.7. The topological polar surface area (TPSA) is 41.8 Å². The molecule has 0 bridgehead atoms. The van der Waals surface area contributed by atoms with Crippen LogP contribution in [0, 0.1) is 0 Å². The number of rotatable bonds is 6. The maximum absolute atomic E-state index is 6.56. The van der Waals surface area contributed by atoms with Gasteiger partial charge in [0.2, 0.25) is 0 Å². The van der Waals surface area contributed by atoms with E-state index >= 15 is 0 Å². The number of benzene rings is 3. The zero-order valence-corrected chi connectivity index (χ0v) is 17.9. The van der Waals surface area contributed by atoms with Crippen molar-refractivity contribution in [2.45, 2.75) is 19.3 Å². The van der Waals surface area contributed by atoms with Crippen molar-refractivity contribution < 1.29 is 0 Å². The van der Waals surface area contributed by atoms with Crippen molar-refractivity contribution in [1.29, 1.82) is 0 Å². The fraction of sp³-hybridized carbons (Fsp3) is 0.167. The third-order valence-corrected chi connectivity index (χ3v) is 5.91. The number of halogens is 2. The summed E-state index contributed by atoms with van der Waals surface area (Å²) in [5, 5.41) is 2.00. The van der Waals surface area contributed by atoms with Crippen LogP contribution in [0.5, 0.6) is 0 Å². The highest BCUT2D eigenvalue weighted by atomic mass is 79.9. The summed E-state index contributed by atoms with van der Waals surface area (Å²) < 4.78 is 1.02. The van der Waals surface area contributed by atoms with E-state index in [1.54, 1.807) is 0 Å². The normalized spacial score (nSPS) is 11.2. The van der Waals surface area contributed by atoms with Crippen molar-refractivity contribution >= 4 is 38.4 Å². The second-order valence-electron chi connectivity index (χ2n) is 6.97. The van der Waals surface area contributed by atoms with Crippen molar-refractivity contribution in [3.63, 3.8) is 0 Å². The molecule has 2 nitrogen and oxygen atoms in total. The fourth-order valence-electron chi connectivity index (χ4n) is 3.68. The minimum atomic E-state index is 0.713. The predicted octanol–water partition coefficient (Wildman–Crippen LogP) is 7.20. The van der Waals surface area contributed by atoms with Crippen molar-refractivity contribution in [3.8, 4) is 22.4 Å². The molecule has 0 aliphatic rings. The summed E-state index contributed by atoms with van der Waals surface area (Å²) in [4.78, 5) is 3.62. The van der Waals surface area contributed by atoms with Crippen LogP contribution in [0.25, 0.3) is 33.3 Å². The number of hydrogen-bond acceptors (Lipinski definition) is 1. The number of unbranched alkanes of at least 4 members (excludes halogenated alkanes) is 1. The second kappa shape index (κ2) is 8.52. The molecule has 0 saturated carbocycles. The van der Waals surface area contributed by atoms with Crippen LogP contribution >= 0.6 is 27.5 Å². The Morgan fingerprint density at radius 1 is 0.893 bits per heavy atom. The predicted molar refractivity (Wildman–Crippen MR) is 124 cm³/mol. The molecule has 0 unspecified atom stereocenters. The number of aromatic amines is 1. The Morgan fingerprint density at radius 2 is 1.71 bits per heavy atom. The van der Waals surface area contributed by atoms with Gasteiger partial charge in [-0.25, -0.2) is 0 Å². The van der Waals surface area contributed by atoms with E-state index in [0.29, 0.717) is 6.54 Å². The Labute approximate surface area is 178 Å². The summed E-state index contributed by atoms with van der Waals surface area (Å²) >= 11 is 10.1. The van der Waals surface area contributed by atoms with Crippen molar-refractivity contribution in [3.05, 3.63) is 81.8 Å². The van der Waals surface area contributed by atoms with Gasteiger partial charge in [0.1, 0.15) is 0 Å². The Hall–Kier alpha value is -2.07. The lowest BCUT2D eigenvalue weighted by atomic mass is 9.97. The maximum atomic E-state index is 6.56. The zero-order valence-electron chi connectivity index (χ0n) is 15.5. The maximum Gasteiger partial charge on any atom is 0.0512 e. The minimum absolute atomic E-state index is 0.713. The van der Waals surface area contributed by atoms with Gasteiger partial charge in [0, 0.05) is 26.0 Å². The molecule has 0 radical (unpaired) electrons. The van der Waals surface area contributed by atoms with Crippen LogP contribution in [0.1, 0.15) is 18.4 Å². The van der Waals surface area contributed by atoms with Gasteiger partial charge in [-0.2, -0.15) is 0 Å². The molecule has 3 N–H and O–H groups in total. The van der Waals surface area contributed by atoms with Crippen LogP contribution in [0.15, 0.2) is 71.2 Å². The van der Waals surface area contributed by atoms with E-state index in [2.05, 4.69) is 69.4 Å². The Balaban J connectivity index is 1.89. The van der Waals surface area contributed by atoms with Crippen LogP contribution in [-0.4, -0.2) is 11.5 Å². The smallest absolute Gasteiger partial charge is 0.0512 e. The van der Waals surface area contributed by atoms with Gasteiger partial charge >= 0.3 is 0 Å². The van der Waals surface area contributed by atoms with Crippen LogP contribution < -0.4 is 5.73 Å². The van der Waals surface area contributed by atoms with E-state index < -0.39 is 0 Å². The average Bonchev–Trinajstić information content (AvgIpc) is 3.08. The molecule has 142 valence electrons. The monoisotopic (exact) mass is 452 g/mol. The van der Waals surface area contributed by atoms with Gasteiger partial charge < -0.3 is 10.7 Å². The van der Waals surface area contributed by atoms with E-state index in [4.69, 9.17) is 17.3 Å². The van der Waals surface area contributed by atoms with Gasteiger partial charge in [-0.15, -0.1) is 0 Å². The quantitative estimate of drug-likeness (QED) is 0.298. The first-order valence-electron chi connectivity index (χ1n) is 9.53. The highest BCUT2D eigenvalue weighted by Crippen LogP contribution is 2.38. The molecule has 0 spiro atoms. The minimum Gasteiger partial charge on any atom is -0.354 e. The Kier molecular flexibility index (Phi) is 5.86. The SMILES string of the molecule is NCCCCc1c(-c2cc(Br)ccc2Cl)[nH]c2ccc(-c3ccccc3)cc12. The Morgan fingerprint density at radius 3 is 2.50 bits per heavy atom. The van der Waals surface area contributed by atoms with E-state index in [9.17, 15) is 0 Å². The summed E-state index contributed by atoms with van der Waals surface area (Å²) in [7, 11) is 0. The molecule has 1 aromatic heterocycles. The lowest BCUT2D eigenvalue weighted by Crippen LogP contribution is -1.99. The molecule has 0 saturated heterocycles. The third kappa shape index (κ3) is 3.88. The first-order chi connectivity index (χ1) is 13.7. The summed E-state index contributed by atoms with van der Waals surface area (Å²) in [6.07, 6.45) is 3.03. The van der Waals surface area contributed by atoms with Gasteiger partial charge in [0.25, 0.3) is 0 Å². The van der Waals surface area contributed by atoms with E-state index in [1.165, 1.54) is 22.1 Å². The standard InChI is InChI=1S/C24H22BrClN2/c25-18-10-11-22(26)21(15-18)24-19(8-4-5-13-27)20-14-17(9-12-23(20)28-24)16-6-2-1-3-7-16/h1-3,6-7,9-12,14-15,28H,4-5,8,13,27H2. The molecule has 4 heteroatoms. The molecule has 0 aliphatic heterocycles. The fourth-order valence-corrected chi connectivity index (χ4v) is 4.26. The van der Waals surface area contributed by atoms with Gasteiger partial charge in [0.05, 0.1) is 5.69 Å². The molecule has 0 atom stereocenters. The summed E-state index contributed by atoms with van der Waals surface area (Å²) in [6.45, 7) is 0.713. The van der Waals surface area contributed by atoms with Crippen LogP contribution in [0.3, 0.4) is 0 Å². The van der Waals surface area contributed by atoms with Crippen molar-refractivity contribution in [1.82, 2.24) is 4.98 Å². The molecule has 3 aromatic carbocycles. The Bertz CT molecular complexity index is 1100. The van der Waals surface area contributed by atoms with Crippen LogP contribution in [0.2, 0.25) is 5.02 Å². The molecule has 28 heavy (non-hydrogen) atoms. The molecule has 0 amide bonds. The number of nitrogens with two attached hydrogens (primary N) is 1. The van der Waals surface area contributed by atoms with Crippen molar-refractivity contribution in [2.75, 3.05) is 6.54 Å². The lowest BCUT2D eigenvalue weighted by molar-refractivity contribution is 0.748. The number of hydrogen-bond donors (Lipinski definition) is 2. The van der Waals surface area contributed by atoms with Crippen molar-refractivity contribution in [2.24, 2.45) is 5.73 Å². The second-order valence-corrected chi connectivity index (χ2v) is 8.30. The molecule has 1 heterocycles. The van der Waals surface area contributed by atoms with E-state index in [1.807, 2.05) is 18.2 Å². The zero-order chi connectivity index (χ0) is 19.5. The highest BCUT2D eigenvalue weighted by Gasteiger charge is 2.16. The summed E-state index contributed by atoms with van der Waals surface area (Å²) in [5.41, 5.74) is 12.7. The molecular weight excluding hydrogens is 432 g/mol. The van der Waals surface area contributed by atoms with Gasteiger partial charge in [-0.3, -0.25) is 0 Å². The molecular formula is C24H22BrClN2. The number of fused-ring (bicyclic) bond motifs is 1. The average molecular weight is 454 g/mol. The van der Waals surface area contributed by atoms with E-state index in [0.717, 1.165) is 45.5 Å². The number of aryl methyl sites for hydroxylation is 1. The third-order valence-electron chi connectivity index (χ3n) is 5.09.